The molecule has 1 N–H and O–H groups in total. The van der Waals surface area contributed by atoms with Gasteiger partial charge in [-0.05, 0) is 48.8 Å². The van der Waals surface area contributed by atoms with E-state index in [1.807, 2.05) is 12.1 Å². The number of furan rings is 1. The van der Waals surface area contributed by atoms with Crippen LogP contribution in [0.3, 0.4) is 0 Å². The van der Waals surface area contributed by atoms with E-state index in [0.29, 0.717) is 13.2 Å². The van der Waals surface area contributed by atoms with Crippen LogP contribution in [-0.4, -0.2) is 10.5 Å². The maximum absolute atomic E-state index is 5.72. The van der Waals surface area contributed by atoms with Crippen molar-refractivity contribution in [1.82, 2.24) is 10.3 Å². The number of nitrogens with zero attached hydrogens (tertiary/aromatic N) is 1. The van der Waals surface area contributed by atoms with Crippen LogP contribution in [0.1, 0.15) is 32.1 Å². The zero-order valence-electron chi connectivity index (χ0n) is 11.9. The minimum atomic E-state index is 0.0547. The molecule has 4 nitrogen and oxygen atoms in total. The van der Waals surface area contributed by atoms with Crippen molar-refractivity contribution in [2.24, 2.45) is 0 Å². The van der Waals surface area contributed by atoms with Gasteiger partial charge in [0.25, 0.3) is 0 Å². The topological polar surface area (TPSA) is 47.3 Å². The number of ether oxygens (including phenoxy) is 1. The maximum Gasteiger partial charge on any atom is 0.139 e. The summed E-state index contributed by atoms with van der Waals surface area (Å²) >= 11 is 3.37. The fourth-order valence-corrected chi connectivity index (χ4v) is 1.97. The number of halogens is 1. The first-order chi connectivity index (χ1) is 9.44. The maximum atomic E-state index is 5.72. The summed E-state index contributed by atoms with van der Waals surface area (Å²) in [6, 6.07) is 3.82. The number of nitrogens with one attached hydrogen (secondary N) is 1. The van der Waals surface area contributed by atoms with Crippen LogP contribution in [0.5, 0.6) is 5.75 Å². The average molecular weight is 339 g/mol. The third-order valence-electron chi connectivity index (χ3n) is 2.69. The van der Waals surface area contributed by atoms with Crippen LogP contribution >= 0.6 is 15.9 Å². The molecule has 2 aromatic heterocycles. The van der Waals surface area contributed by atoms with Crippen LogP contribution in [0.25, 0.3) is 0 Å². The van der Waals surface area contributed by atoms with Gasteiger partial charge in [-0.25, -0.2) is 0 Å². The summed E-state index contributed by atoms with van der Waals surface area (Å²) in [5.41, 5.74) is 1.10. The van der Waals surface area contributed by atoms with E-state index in [1.165, 1.54) is 0 Å². The van der Waals surface area contributed by atoms with Gasteiger partial charge in [0.1, 0.15) is 18.1 Å². The van der Waals surface area contributed by atoms with Crippen molar-refractivity contribution < 1.29 is 9.15 Å². The highest BCUT2D eigenvalue weighted by Crippen LogP contribution is 2.19. The van der Waals surface area contributed by atoms with Gasteiger partial charge in [0.2, 0.25) is 0 Å². The van der Waals surface area contributed by atoms with E-state index in [4.69, 9.17) is 9.15 Å². The predicted octanol–water partition coefficient (Wildman–Crippen LogP) is 3.90. The SMILES string of the molecule is CC(C)(C)NCc1occc1COc1cncc(Br)c1. The summed E-state index contributed by atoms with van der Waals surface area (Å²) in [6.07, 6.45) is 5.11. The molecule has 0 saturated carbocycles. The number of hydrogen-bond acceptors (Lipinski definition) is 4. The zero-order chi connectivity index (χ0) is 14.6. The minimum absolute atomic E-state index is 0.0547. The molecule has 0 unspecified atom stereocenters. The third-order valence-corrected chi connectivity index (χ3v) is 3.12. The lowest BCUT2D eigenvalue weighted by Crippen LogP contribution is -2.35. The summed E-state index contributed by atoms with van der Waals surface area (Å²) in [7, 11) is 0. The van der Waals surface area contributed by atoms with Gasteiger partial charge in [-0.3, -0.25) is 4.98 Å². The molecule has 5 heteroatoms. The lowest BCUT2D eigenvalue weighted by atomic mass is 10.1. The molecule has 0 fully saturated rings. The molecule has 108 valence electrons. The van der Waals surface area contributed by atoms with Crippen molar-refractivity contribution in [3.05, 3.63) is 46.6 Å². The monoisotopic (exact) mass is 338 g/mol. The van der Waals surface area contributed by atoms with E-state index in [9.17, 15) is 0 Å². The molecule has 0 aliphatic rings. The Kier molecular flexibility index (Phi) is 4.83. The number of rotatable bonds is 5. The fraction of sp³-hybridized carbons (Fsp3) is 0.400. The van der Waals surface area contributed by atoms with Gasteiger partial charge >= 0.3 is 0 Å². The van der Waals surface area contributed by atoms with Crippen LogP contribution < -0.4 is 10.1 Å². The van der Waals surface area contributed by atoms with E-state index in [2.05, 4.69) is 47.0 Å². The molecule has 0 saturated heterocycles. The summed E-state index contributed by atoms with van der Waals surface area (Å²) in [6.45, 7) is 7.53. The van der Waals surface area contributed by atoms with E-state index in [-0.39, 0.29) is 5.54 Å². The van der Waals surface area contributed by atoms with Crippen molar-refractivity contribution in [2.75, 3.05) is 0 Å². The Bertz CT molecular complexity index is 561. The van der Waals surface area contributed by atoms with Crippen molar-refractivity contribution in [1.29, 1.82) is 0 Å². The van der Waals surface area contributed by atoms with Gasteiger partial charge in [-0.2, -0.15) is 0 Å². The molecule has 0 amide bonds. The zero-order valence-corrected chi connectivity index (χ0v) is 13.5. The first-order valence-corrected chi connectivity index (χ1v) is 7.27. The van der Waals surface area contributed by atoms with Crippen molar-refractivity contribution >= 4 is 15.9 Å². The summed E-state index contributed by atoms with van der Waals surface area (Å²) in [5, 5.41) is 3.40. The van der Waals surface area contributed by atoms with Gasteiger partial charge in [-0.1, -0.05) is 0 Å². The van der Waals surface area contributed by atoms with Gasteiger partial charge in [0.05, 0.1) is 19.0 Å². The molecule has 0 radical (unpaired) electrons. The van der Waals surface area contributed by atoms with Crippen LogP contribution in [0.2, 0.25) is 0 Å². The molecule has 0 spiro atoms. The molecule has 2 heterocycles. The Morgan fingerprint density at radius 1 is 1.35 bits per heavy atom. The van der Waals surface area contributed by atoms with E-state index < -0.39 is 0 Å². The van der Waals surface area contributed by atoms with Gasteiger partial charge in [0, 0.05) is 21.8 Å². The standard InChI is InChI=1S/C15H19BrN2O2/c1-15(2,3)18-9-14-11(4-5-19-14)10-20-13-6-12(16)7-17-8-13/h4-8,18H,9-10H2,1-3H3. The predicted molar refractivity (Wildman–Crippen MR) is 81.6 cm³/mol. The third kappa shape index (κ3) is 4.65. The second-order valence-corrected chi connectivity index (χ2v) is 6.52. The van der Waals surface area contributed by atoms with Crippen LogP contribution in [-0.2, 0) is 13.2 Å². The molecule has 0 atom stereocenters. The lowest BCUT2D eigenvalue weighted by Gasteiger charge is -2.20. The second kappa shape index (κ2) is 6.41. The summed E-state index contributed by atoms with van der Waals surface area (Å²) in [4.78, 5) is 4.07. The Labute approximate surface area is 127 Å². The van der Waals surface area contributed by atoms with Gasteiger partial charge < -0.3 is 14.5 Å². The largest absolute Gasteiger partial charge is 0.487 e. The highest BCUT2D eigenvalue weighted by molar-refractivity contribution is 9.10. The van der Waals surface area contributed by atoms with E-state index in [0.717, 1.165) is 21.5 Å². The van der Waals surface area contributed by atoms with Crippen LogP contribution in [0.15, 0.2) is 39.7 Å². The highest BCUT2D eigenvalue weighted by atomic mass is 79.9. The normalized spacial score (nSPS) is 11.6. The van der Waals surface area contributed by atoms with Gasteiger partial charge in [0.15, 0.2) is 0 Å². The van der Waals surface area contributed by atoms with Crippen LogP contribution in [0.4, 0.5) is 0 Å². The fourth-order valence-electron chi connectivity index (χ4n) is 1.63. The van der Waals surface area contributed by atoms with Crippen LogP contribution in [0, 0.1) is 0 Å². The smallest absolute Gasteiger partial charge is 0.139 e. The molecule has 20 heavy (non-hydrogen) atoms. The number of hydrogen-bond donors (Lipinski definition) is 1. The Morgan fingerprint density at radius 3 is 2.85 bits per heavy atom. The average Bonchev–Trinajstić information content (AvgIpc) is 2.81. The number of aromatic nitrogens is 1. The minimum Gasteiger partial charge on any atom is -0.487 e. The quantitative estimate of drug-likeness (QED) is 0.897. The molecule has 0 bridgehead atoms. The molecular weight excluding hydrogens is 320 g/mol. The Balaban J connectivity index is 1.95. The second-order valence-electron chi connectivity index (χ2n) is 5.60. The molecule has 2 rings (SSSR count). The van der Waals surface area contributed by atoms with E-state index >= 15 is 0 Å². The van der Waals surface area contributed by atoms with E-state index in [1.54, 1.807) is 18.7 Å². The summed E-state index contributed by atoms with van der Waals surface area (Å²) in [5.74, 6) is 1.64. The first kappa shape index (κ1) is 15.1. The summed E-state index contributed by atoms with van der Waals surface area (Å²) < 4.78 is 12.1. The first-order valence-electron chi connectivity index (χ1n) is 6.48. The molecular formula is C15H19BrN2O2. The van der Waals surface area contributed by atoms with Crippen molar-refractivity contribution in [3.8, 4) is 5.75 Å². The number of pyridine rings is 1. The van der Waals surface area contributed by atoms with Gasteiger partial charge in [-0.15, -0.1) is 0 Å². The highest BCUT2D eigenvalue weighted by Gasteiger charge is 2.13. The molecule has 0 aromatic carbocycles. The lowest BCUT2D eigenvalue weighted by molar-refractivity contribution is 0.297. The molecule has 0 aliphatic carbocycles. The Morgan fingerprint density at radius 2 is 2.15 bits per heavy atom. The van der Waals surface area contributed by atoms with Crippen molar-refractivity contribution in [3.63, 3.8) is 0 Å². The molecule has 2 aromatic rings. The Hall–Kier alpha value is -1.33. The molecule has 0 aliphatic heterocycles. The van der Waals surface area contributed by atoms with Crippen molar-refractivity contribution in [2.45, 2.75) is 39.5 Å².